The molecule has 0 spiro atoms. The fourth-order valence-corrected chi connectivity index (χ4v) is 23.0. The van der Waals surface area contributed by atoms with Crippen LogP contribution in [0.2, 0.25) is 8.26 Å². The average Bonchev–Trinajstić information content (AvgIpc) is 3.48. The van der Waals surface area contributed by atoms with Gasteiger partial charge in [-0.1, -0.05) is 60.7 Å². The number of hydrogen-bond donors (Lipinski definition) is 0. The van der Waals surface area contributed by atoms with Crippen molar-refractivity contribution in [2.24, 2.45) is 0 Å². The molecule has 0 amide bonds. The van der Waals surface area contributed by atoms with Crippen molar-refractivity contribution in [3.05, 3.63) is 143 Å². The normalized spacial score (nSPS) is 21.4. The Morgan fingerprint density at radius 3 is 1.53 bits per heavy atom. The maximum Gasteiger partial charge on any atom is -0.0623 e. The molecule has 8 rings (SSSR count). The number of allylic oxidation sites excluding steroid dienone is 2. The molecule has 1 saturated heterocycles. The first-order chi connectivity index (χ1) is 20.6. The van der Waals surface area contributed by atoms with Crippen LogP contribution < -0.4 is 10.2 Å². The Balaban J connectivity index is 0.000000193. The largest absolute Gasteiger partial charge is 0.872 e. The quantitative estimate of drug-likeness (QED) is 0.218. The summed E-state index contributed by atoms with van der Waals surface area (Å²) in [5.74, 6) is 0.144. The third kappa shape index (κ3) is 5.99. The molecule has 4 aromatic carbocycles. The van der Waals surface area contributed by atoms with E-state index in [0.717, 1.165) is 7.25 Å². The van der Waals surface area contributed by atoms with Crippen molar-refractivity contribution in [2.75, 3.05) is 0 Å². The van der Waals surface area contributed by atoms with E-state index in [2.05, 4.69) is 88.4 Å². The summed E-state index contributed by atoms with van der Waals surface area (Å²) in [6.45, 7) is 9.84. The molecule has 0 saturated carbocycles. The van der Waals surface area contributed by atoms with Gasteiger partial charge in [0.05, 0.1) is 0 Å². The van der Waals surface area contributed by atoms with Gasteiger partial charge in [0.25, 0.3) is 0 Å². The van der Waals surface area contributed by atoms with E-state index in [0.29, 0.717) is 10.8 Å². The van der Waals surface area contributed by atoms with Crippen LogP contribution in [0.3, 0.4) is 0 Å². The summed E-state index contributed by atoms with van der Waals surface area (Å²) in [6, 6.07) is 31.1. The third-order valence-corrected chi connectivity index (χ3v) is 22.8. The molecule has 0 aromatic heterocycles. The van der Waals surface area contributed by atoms with Crippen LogP contribution in [0.5, 0.6) is 11.5 Å². The minimum absolute atomic E-state index is 0.0718. The van der Waals surface area contributed by atoms with E-state index in [-0.39, 0.29) is 11.5 Å². The van der Waals surface area contributed by atoms with E-state index in [9.17, 15) is 10.2 Å². The van der Waals surface area contributed by atoms with E-state index in [4.69, 9.17) is 0 Å². The monoisotopic (exact) mass is 644 g/mol. The molecule has 3 heteroatoms. The Bertz CT molecular complexity index is 1610. The second-order valence-corrected chi connectivity index (χ2v) is 25.5. The van der Waals surface area contributed by atoms with E-state index in [1.165, 1.54) is 48.2 Å². The van der Waals surface area contributed by atoms with Crippen LogP contribution in [0.25, 0.3) is 12.2 Å². The summed E-state index contributed by atoms with van der Waals surface area (Å²) >= 11 is -2.30. The first-order valence-electron chi connectivity index (χ1n) is 15.7. The molecule has 4 aromatic rings. The summed E-state index contributed by atoms with van der Waals surface area (Å²) in [6.07, 6.45) is 12.7. The van der Waals surface area contributed by atoms with Gasteiger partial charge in [-0.2, -0.15) is 0 Å². The fourth-order valence-electron chi connectivity index (χ4n) is 7.42. The van der Waals surface area contributed by atoms with Crippen LogP contribution in [0.15, 0.2) is 109 Å². The first kappa shape index (κ1) is 29.9. The number of benzene rings is 4. The molecule has 1 fully saturated rings. The van der Waals surface area contributed by atoms with Crippen molar-refractivity contribution in [1.82, 2.24) is 0 Å². The van der Waals surface area contributed by atoms with Crippen molar-refractivity contribution in [2.45, 2.75) is 66.9 Å². The molecular weight excluding hydrogens is 604 g/mol. The Hall–Kier alpha value is -3.16. The van der Waals surface area contributed by atoms with Crippen LogP contribution in [-0.2, 0) is 31.1 Å². The molecular formula is C40H42O2Zr. The molecule has 0 radical (unpaired) electrons. The Morgan fingerprint density at radius 2 is 1.02 bits per heavy atom. The fraction of sp³-hybridized carbons (Fsp3) is 0.300. The van der Waals surface area contributed by atoms with Gasteiger partial charge in [-0.3, -0.25) is 0 Å². The van der Waals surface area contributed by atoms with Crippen LogP contribution in [0, 0.1) is 0 Å². The molecule has 0 bridgehead atoms. The standard InChI is InChI=1S/C17H21.C9H7.2C6H6O.C2H4.Zr/c1-16(2)8-9-17(3,4)15-11-13-7-5-6-12(13)10-14(15)16;1-2-5-9-7-3-6-8(9)4-1;2*7-6-4-2-1-3-5-6;1-2;/h5-7,10-11H,8-9H2,1-4H3;1-7H;2*1-5,7H;1-2H2;/q;;;;;+2/p-2. The number of fused-ring (bicyclic) bond motifs is 3. The molecule has 3 aliphatic carbocycles. The van der Waals surface area contributed by atoms with Crippen molar-refractivity contribution in [3.63, 3.8) is 0 Å². The average molecular weight is 646 g/mol. The molecule has 1 aliphatic heterocycles. The molecule has 2 unspecified atom stereocenters. The van der Waals surface area contributed by atoms with Gasteiger partial charge < -0.3 is 10.2 Å². The first-order valence-corrected chi connectivity index (χ1v) is 22.0. The molecule has 218 valence electrons. The van der Waals surface area contributed by atoms with Crippen LogP contribution in [0.4, 0.5) is 0 Å². The van der Waals surface area contributed by atoms with Crippen molar-refractivity contribution >= 4 is 12.2 Å². The molecule has 4 aliphatic rings. The van der Waals surface area contributed by atoms with Gasteiger partial charge in [0.15, 0.2) is 0 Å². The Morgan fingerprint density at radius 1 is 0.558 bits per heavy atom. The maximum absolute atomic E-state index is 10.3. The SMILES string of the molecule is CC1(C)CCC(C)(C)c2cc3c(cc21)C=C[CH]3[Zr+2]1([CH]2C=Cc3ccccc32)[CH2][CH2]1.[O-]c1ccccc1.[O-]c1ccccc1. The van der Waals surface area contributed by atoms with Crippen LogP contribution >= 0.6 is 0 Å². The van der Waals surface area contributed by atoms with Crippen LogP contribution in [0.1, 0.15) is 81.2 Å². The summed E-state index contributed by atoms with van der Waals surface area (Å²) < 4.78 is 4.66. The molecule has 0 N–H and O–H groups in total. The van der Waals surface area contributed by atoms with Gasteiger partial charge in [0.2, 0.25) is 0 Å². The van der Waals surface area contributed by atoms with Crippen molar-refractivity contribution in [1.29, 1.82) is 0 Å². The molecule has 2 atom stereocenters. The maximum atomic E-state index is 10.3. The summed E-state index contributed by atoms with van der Waals surface area (Å²) in [4.78, 5) is 0. The van der Waals surface area contributed by atoms with Gasteiger partial charge in [-0.05, 0) is 0 Å². The van der Waals surface area contributed by atoms with E-state index in [1.807, 2.05) is 12.1 Å². The Kier molecular flexibility index (Phi) is 8.16. The van der Waals surface area contributed by atoms with Crippen LogP contribution in [-0.4, -0.2) is 0 Å². The number of hydrogen-bond acceptors (Lipinski definition) is 2. The summed E-state index contributed by atoms with van der Waals surface area (Å²) in [5, 5.41) is 20.5. The van der Waals surface area contributed by atoms with E-state index >= 15 is 0 Å². The van der Waals surface area contributed by atoms with Gasteiger partial charge in [-0.25, -0.2) is 0 Å². The smallest absolute Gasteiger partial charge is 0.0623 e. The topological polar surface area (TPSA) is 46.1 Å². The summed E-state index contributed by atoms with van der Waals surface area (Å²) in [5.41, 5.74) is 10.2. The molecule has 2 nitrogen and oxygen atoms in total. The zero-order valence-corrected chi connectivity index (χ0v) is 28.3. The van der Waals surface area contributed by atoms with E-state index in [1.54, 1.807) is 54.8 Å². The Labute approximate surface area is 262 Å². The summed E-state index contributed by atoms with van der Waals surface area (Å²) in [7, 11) is 0. The second kappa shape index (κ2) is 11.7. The zero-order chi connectivity index (χ0) is 30.2. The minimum Gasteiger partial charge on any atom is -0.872 e. The van der Waals surface area contributed by atoms with Gasteiger partial charge in [-0.15, -0.1) is 11.5 Å². The second-order valence-electron chi connectivity index (χ2n) is 14.0. The molecule has 43 heavy (non-hydrogen) atoms. The van der Waals surface area contributed by atoms with Gasteiger partial charge in [0.1, 0.15) is 0 Å². The number of para-hydroxylation sites is 2. The minimum atomic E-state index is -2.30. The van der Waals surface area contributed by atoms with Gasteiger partial charge in [0, 0.05) is 0 Å². The molecule has 1 heterocycles. The van der Waals surface area contributed by atoms with Crippen molar-refractivity contribution < 1.29 is 30.5 Å². The van der Waals surface area contributed by atoms with Crippen molar-refractivity contribution in [3.8, 4) is 11.5 Å². The van der Waals surface area contributed by atoms with Gasteiger partial charge >= 0.3 is 181 Å². The van der Waals surface area contributed by atoms with E-state index < -0.39 is 20.3 Å². The third-order valence-electron chi connectivity index (χ3n) is 10.2. The predicted molar refractivity (Wildman–Crippen MR) is 173 cm³/mol. The predicted octanol–water partition coefficient (Wildman–Crippen LogP) is 9.40. The zero-order valence-electron chi connectivity index (χ0n) is 25.8. The number of rotatable bonds is 2.